The zero-order chi connectivity index (χ0) is 7.40. The first-order chi connectivity index (χ1) is 4.84. The highest BCUT2D eigenvalue weighted by Crippen LogP contribution is 2.14. The smallest absolute Gasteiger partial charge is 0.0935 e. The molecule has 0 amide bonds. The lowest BCUT2D eigenvalue weighted by Gasteiger charge is -1.97. The quantitative estimate of drug-likeness (QED) is 0.621. The first-order valence-corrected chi connectivity index (χ1v) is 3.52. The van der Waals surface area contributed by atoms with Crippen molar-refractivity contribution in [3.8, 4) is 0 Å². The Morgan fingerprint density at radius 1 is 1.30 bits per heavy atom. The molecule has 1 aromatic rings. The van der Waals surface area contributed by atoms with Crippen LogP contribution >= 0.6 is 11.6 Å². The van der Waals surface area contributed by atoms with E-state index >= 15 is 0 Å². The molecule has 0 saturated carbocycles. The molecule has 0 unspecified atom stereocenters. The van der Waals surface area contributed by atoms with Gasteiger partial charge >= 0.3 is 0 Å². The van der Waals surface area contributed by atoms with E-state index in [9.17, 15) is 4.39 Å². The summed E-state index contributed by atoms with van der Waals surface area (Å²) in [5.41, 5.74) is 0.881. The summed E-state index contributed by atoms with van der Waals surface area (Å²) >= 11 is 5.74. The van der Waals surface area contributed by atoms with Crippen LogP contribution in [0.2, 0.25) is 5.02 Å². The summed E-state index contributed by atoms with van der Waals surface area (Å²) in [6.07, 6.45) is 0.416. The second-order valence-electron chi connectivity index (χ2n) is 2.03. The van der Waals surface area contributed by atoms with Gasteiger partial charge in [-0.3, -0.25) is 4.39 Å². The van der Waals surface area contributed by atoms with E-state index in [4.69, 9.17) is 11.6 Å². The molecule has 0 radical (unpaired) electrons. The second kappa shape index (κ2) is 3.57. The molecule has 0 nitrogen and oxygen atoms in total. The van der Waals surface area contributed by atoms with Gasteiger partial charge in [0.15, 0.2) is 0 Å². The van der Waals surface area contributed by atoms with Crippen LogP contribution < -0.4 is 0 Å². The van der Waals surface area contributed by atoms with Crippen molar-refractivity contribution in [1.29, 1.82) is 0 Å². The summed E-state index contributed by atoms with van der Waals surface area (Å²) in [6.45, 7) is -0.344. The summed E-state index contributed by atoms with van der Waals surface area (Å²) in [5.74, 6) is 0. The number of alkyl halides is 1. The summed E-state index contributed by atoms with van der Waals surface area (Å²) in [7, 11) is 0. The summed E-state index contributed by atoms with van der Waals surface area (Å²) in [6, 6.07) is 7.30. The number of hydrogen-bond donors (Lipinski definition) is 0. The first-order valence-electron chi connectivity index (χ1n) is 3.14. The standard InChI is InChI=1S/C8H8ClF/c9-8-4-2-1-3-7(8)5-6-10/h1-4H,5-6H2. The molecule has 0 aromatic heterocycles. The van der Waals surface area contributed by atoms with Gasteiger partial charge in [0.1, 0.15) is 0 Å². The number of hydrogen-bond acceptors (Lipinski definition) is 0. The predicted octanol–water partition coefficient (Wildman–Crippen LogP) is 2.85. The van der Waals surface area contributed by atoms with Crippen molar-refractivity contribution in [3.63, 3.8) is 0 Å². The van der Waals surface area contributed by atoms with Crippen molar-refractivity contribution >= 4 is 11.6 Å². The molecule has 1 aromatic carbocycles. The van der Waals surface area contributed by atoms with Crippen LogP contribution in [-0.2, 0) is 6.42 Å². The normalized spacial score (nSPS) is 9.80. The van der Waals surface area contributed by atoms with Gasteiger partial charge in [-0.1, -0.05) is 29.8 Å². The van der Waals surface area contributed by atoms with Gasteiger partial charge in [-0.25, -0.2) is 0 Å². The minimum Gasteiger partial charge on any atom is -0.251 e. The average Bonchev–Trinajstić information content (AvgIpc) is 1.94. The topological polar surface area (TPSA) is 0 Å². The van der Waals surface area contributed by atoms with Crippen molar-refractivity contribution in [2.75, 3.05) is 6.67 Å². The fraction of sp³-hybridized carbons (Fsp3) is 0.250. The molecular formula is C8H8ClF. The van der Waals surface area contributed by atoms with Crippen LogP contribution in [-0.4, -0.2) is 6.67 Å². The van der Waals surface area contributed by atoms with E-state index in [0.717, 1.165) is 5.56 Å². The summed E-state index contributed by atoms with van der Waals surface area (Å²) in [4.78, 5) is 0. The van der Waals surface area contributed by atoms with Gasteiger partial charge in [-0.05, 0) is 11.6 Å². The molecule has 0 aliphatic rings. The van der Waals surface area contributed by atoms with E-state index < -0.39 is 0 Å². The largest absolute Gasteiger partial charge is 0.251 e. The molecule has 0 aliphatic carbocycles. The van der Waals surface area contributed by atoms with E-state index in [1.54, 1.807) is 6.07 Å². The highest BCUT2D eigenvalue weighted by molar-refractivity contribution is 6.31. The molecule has 0 bridgehead atoms. The van der Waals surface area contributed by atoms with Crippen LogP contribution in [0.25, 0.3) is 0 Å². The first kappa shape index (κ1) is 7.55. The van der Waals surface area contributed by atoms with Gasteiger partial charge in [0, 0.05) is 11.4 Å². The zero-order valence-corrected chi connectivity index (χ0v) is 6.24. The number of benzene rings is 1. The molecule has 0 spiro atoms. The number of rotatable bonds is 2. The number of halogens is 2. The molecule has 0 atom stereocenters. The maximum atomic E-state index is 11.8. The van der Waals surface area contributed by atoms with E-state index in [1.807, 2.05) is 18.2 Å². The van der Waals surface area contributed by atoms with Crippen LogP contribution in [0.15, 0.2) is 24.3 Å². The van der Waals surface area contributed by atoms with Crippen molar-refractivity contribution in [2.24, 2.45) is 0 Å². The Bertz CT molecular complexity index is 210. The Kier molecular flexibility index (Phi) is 2.69. The van der Waals surface area contributed by atoms with Crippen molar-refractivity contribution in [3.05, 3.63) is 34.9 Å². The van der Waals surface area contributed by atoms with Crippen molar-refractivity contribution in [2.45, 2.75) is 6.42 Å². The molecule has 0 fully saturated rings. The molecule has 0 saturated heterocycles. The maximum Gasteiger partial charge on any atom is 0.0935 e. The lowest BCUT2D eigenvalue weighted by Crippen LogP contribution is -1.86. The fourth-order valence-corrected chi connectivity index (χ4v) is 1.03. The second-order valence-corrected chi connectivity index (χ2v) is 2.44. The SMILES string of the molecule is FCCc1ccccc1Cl. The zero-order valence-electron chi connectivity index (χ0n) is 5.48. The number of aryl methyl sites for hydroxylation is 1. The Balaban J connectivity index is 2.81. The Morgan fingerprint density at radius 3 is 2.60 bits per heavy atom. The van der Waals surface area contributed by atoms with Crippen LogP contribution in [0.5, 0.6) is 0 Å². The predicted molar refractivity (Wildman–Crippen MR) is 41.1 cm³/mol. The fourth-order valence-electron chi connectivity index (χ4n) is 0.803. The summed E-state index contributed by atoms with van der Waals surface area (Å²) in [5, 5.41) is 0.653. The van der Waals surface area contributed by atoms with Gasteiger partial charge in [-0.2, -0.15) is 0 Å². The highest BCUT2D eigenvalue weighted by atomic mass is 35.5. The minimum absolute atomic E-state index is 0.344. The van der Waals surface area contributed by atoms with Crippen LogP contribution in [0.3, 0.4) is 0 Å². The molecule has 0 heterocycles. The van der Waals surface area contributed by atoms with Crippen molar-refractivity contribution < 1.29 is 4.39 Å². The molecule has 10 heavy (non-hydrogen) atoms. The van der Waals surface area contributed by atoms with E-state index in [-0.39, 0.29) is 6.67 Å². The maximum absolute atomic E-state index is 11.8. The van der Waals surface area contributed by atoms with E-state index in [0.29, 0.717) is 11.4 Å². The minimum atomic E-state index is -0.344. The van der Waals surface area contributed by atoms with Gasteiger partial charge < -0.3 is 0 Å². The van der Waals surface area contributed by atoms with Gasteiger partial charge in [0.2, 0.25) is 0 Å². The van der Waals surface area contributed by atoms with Crippen LogP contribution in [0.4, 0.5) is 4.39 Å². The summed E-state index contributed by atoms with van der Waals surface area (Å²) < 4.78 is 11.8. The molecule has 2 heteroatoms. The molecule has 0 N–H and O–H groups in total. The molecule has 0 aliphatic heterocycles. The Labute approximate surface area is 64.6 Å². The Morgan fingerprint density at radius 2 is 2.00 bits per heavy atom. The molecule has 1 rings (SSSR count). The molecular weight excluding hydrogens is 151 g/mol. The third-order valence-corrected chi connectivity index (χ3v) is 1.69. The molecule has 54 valence electrons. The average molecular weight is 159 g/mol. The van der Waals surface area contributed by atoms with Gasteiger partial charge in [0.25, 0.3) is 0 Å². The van der Waals surface area contributed by atoms with Crippen LogP contribution in [0.1, 0.15) is 5.56 Å². The highest BCUT2D eigenvalue weighted by Gasteiger charge is 1.95. The third kappa shape index (κ3) is 1.71. The van der Waals surface area contributed by atoms with E-state index in [1.165, 1.54) is 0 Å². The lowest BCUT2D eigenvalue weighted by atomic mass is 10.2. The van der Waals surface area contributed by atoms with Crippen LogP contribution in [0, 0.1) is 0 Å². The van der Waals surface area contributed by atoms with Crippen molar-refractivity contribution in [1.82, 2.24) is 0 Å². The van der Waals surface area contributed by atoms with Gasteiger partial charge in [0.05, 0.1) is 6.67 Å². The lowest BCUT2D eigenvalue weighted by molar-refractivity contribution is 0.495. The van der Waals surface area contributed by atoms with Gasteiger partial charge in [-0.15, -0.1) is 0 Å². The third-order valence-electron chi connectivity index (χ3n) is 1.32. The monoisotopic (exact) mass is 158 g/mol. The van der Waals surface area contributed by atoms with E-state index in [2.05, 4.69) is 0 Å². The Hall–Kier alpha value is -0.560.